The summed E-state index contributed by atoms with van der Waals surface area (Å²) in [5.41, 5.74) is 0.766. The van der Waals surface area contributed by atoms with Crippen LogP contribution in [0.4, 0.5) is 5.69 Å². The SMILES string of the molecule is N#Cc1ccccc1NC(=O)COC(=O)CSCc1cccs1. The summed E-state index contributed by atoms with van der Waals surface area (Å²) < 4.78 is 4.92. The zero-order valence-electron chi connectivity index (χ0n) is 12.2. The van der Waals surface area contributed by atoms with E-state index in [-0.39, 0.29) is 12.4 Å². The van der Waals surface area contributed by atoms with Gasteiger partial charge in [-0.25, -0.2) is 0 Å². The number of nitrogens with zero attached hydrogens (tertiary/aromatic N) is 1. The highest BCUT2D eigenvalue weighted by molar-refractivity contribution is 7.99. The summed E-state index contributed by atoms with van der Waals surface area (Å²) >= 11 is 3.08. The Labute approximate surface area is 142 Å². The van der Waals surface area contributed by atoms with Crippen LogP contribution in [0.15, 0.2) is 41.8 Å². The molecule has 0 saturated heterocycles. The summed E-state index contributed by atoms with van der Waals surface area (Å²) in [6.07, 6.45) is 0. The van der Waals surface area contributed by atoms with Crippen molar-refractivity contribution in [1.82, 2.24) is 0 Å². The molecule has 118 valence electrons. The molecule has 0 aliphatic carbocycles. The van der Waals surface area contributed by atoms with Crippen LogP contribution in [0.25, 0.3) is 0 Å². The number of nitrogens with one attached hydrogen (secondary N) is 1. The van der Waals surface area contributed by atoms with Gasteiger partial charge < -0.3 is 10.1 Å². The first-order valence-corrected chi connectivity index (χ1v) is 8.77. The van der Waals surface area contributed by atoms with Gasteiger partial charge in [-0.2, -0.15) is 5.26 Å². The lowest BCUT2D eigenvalue weighted by molar-refractivity contribution is -0.144. The lowest BCUT2D eigenvalue weighted by atomic mass is 10.2. The third kappa shape index (κ3) is 5.77. The number of hydrogen-bond donors (Lipinski definition) is 1. The van der Waals surface area contributed by atoms with E-state index >= 15 is 0 Å². The molecule has 0 radical (unpaired) electrons. The molecule has 0 fully saturated rings. The van der Waals surface area contributed by atoms with Gasteiger partial charge in [0.05, 0.1) is 17.0 Å². The molecule has 0 unspecified atom stereocenters. The fourth-order valence-electron chi connectivity index (χ4n) is 1.69. The molecule has 23 heavy (non-hydrogen) atoms. The molecule has 1 aromatic heterocycles. The first-order valence-electron chi connectivity index (χ1n) is 6.74. The summed E-state index contributed by atoms with van der Waals surface area (Å²) in [7, 11) is 0. The summed E-state index contributed by atoms with van der Waals surface area (Å²) in [6, 6.07) is 12.6. The number of esters is 1. The van der Waals surface area contributed by atoms with Gasteiger partial charge in [0.2, 0.25) is 0 Å². The highest BCUT2D eigenvalue weighted by Gasteiger charge is 2.10. The van der Waals surface area contributed by atoms with Gasteiger partial charge in [-0.15, -0.1) is 23.1 Å². The smallest absolute Gasteiger partial charge is 0.316 e. The molecule has 1 amide bonds. The Bertz CT molecular complexity index is 708. The number of benzene rings is 1. The molecule has 0 bridgehead atoms. The Balaban J connectivity index is 1.69. The van der Waals surface area contributed by atoms with E-state index in [0.29, 0.717) is 11.3 Å². The molecule has 5 nitrogen and oxygen atoms in total. The molecule has 0 aliphatic rings. The van der Waals surface area contributed by atoms with Crippen molar-refractivity contribution in [2.75, 3.05) is 17.7 Å². The topological polar surface area (TPSA) is 79.2 Å². The van der Waals surface area contributed by atoms with E-state index in [1.54, 1.807) is 35.6 Å². The van der Waals surface area contributed by atoms with Gasteiger partial charge in [0.25, 0.3) is 5.91 Å². The van der Waals surface area contributed by atoms with Crippen molar-refractivity contribution in [2.45, 2.75) is 5.75 Å². The van der Waals surface area contributed by atoms with Crippen LogP contribution < -0.4 is 5.32 Å². The quantitative estimate of drug-likeness (QED) is 0.780. The van der Waals surface area contributed by atoms with Gasteiger partial charge in [-0.1, -0.05) is 18.2 Å². The third-order valence-electron chi connectivity index (χ3n) is 2.73. The van der Waals surface area contributed by atoms with Crippen LogP contribution in [0.5, 0.6) is 0 Å². The summed E-state index contributed by atoms with van der Waals surface area (Å²) in [5, 5.41) is 13.5. The number of ether oxygens (including phenoxy) is 1. The van der Waals surface area contributed by atoms with E-state index in [1.165, 1.54) is 16.6 Å². The van der Waals surface area contributed by atoms with Crippen LogP contribution in [-0.4, -0.2) is 24.2 Å². The van der Waals surface area contributed by atoms with Gasteiger partial charge >= 0.3 is 5.97 Å². The van der Waals surface area contributed by atoms with Crippen LogP contribution in [-0.2, 0) is 20.1 Å². The van der Waals surface area contributed by atoms with E-state index < -0.39 is 11.9 Å². The Morgan fingerprint density at radius 3 is 2.83 bits per heavy atom. The second-order valence-corrected chi connectivity index (χ2v) is 6.46. The monoisotopic (exact) mass is 346 g/mol. The van der Waals surface area contributed by atoms with Gasteiger partial charge in [0, 0.05) is 10.6 Å². The zero-order chi connectivity index (χ0) is 16.5. The number of para-hydroxylation sites is 1. The molecular weight excluding hydrogens is 332 g/mol. The normalized spacial score (nSPS) is 9.87. The second kappa shape index (κ2) is 8.98. The Hall–Kier alpha value is -2.30. The van der Waals surface area contributed by atoms with Gasteiger partial charge in [0.15, 0.2) is 6.61 Å². The van der Waals surface area contributed by atoms with Crippen molar-refractivity contribution < 1.29 is 14.3 Å². The minimum Gasteiger partial charge on any atom is -0.455 e. The van der Waals surface area contributed by atoms with Crippen molar-refractivity contribution in [3.63, 3.8) is 0 Å². The molecule has 0 aliphatic heterocycles. The number of anilines is 1. The van der Waals surface area contributed by atoms with Crippen LogP contribution in [0.3, 0.4) is 0 Å². The number of hydrogen-bond acceptors (Lipinski definition) is 6. The second-order valence-electron chi connectivity index (χ2n) is 4.44. The van der Waals surface area contributed by atoms with Crippen molar-refractivity contribution in [2.24, 2.45) is 0 Å². The molecule has 2 aromatic rings. The molecule has 2 rings (SSSR count). The fraction of sp³-hybridized carbons (Fsp3) is 0.188. The Morgan fingerprint density at radius 2 is 2.09 bits per heavy atom. The predicted octanol–water partition coefficient (Wildman–Crippen LogP) is 3.03. The van der Waals surface area contributed by atoms with Crippen LogP contribution >= 0.6 is 23.1 Å². The molecule has 1 N–H and O–H groups in total. The fourth-order valence-corrected chi connectivity index (χ4v) is 3.35. The maximum absolute atomic E-state index is 11.7. The van der Waals surface area contributed by atoms with Crippen molar-refractivity contribution in [3.8, 4) is 6.07 Å². The Morgan fingerprint density at radius 1 is 1.26 bits per heavy atom. The summed E-state index contributed by atoms with van der Waals surface area (Å²) in [4.78, 5) is 24.5. The van der Waals surface area contributed by atoms with E-state index in [4.69, 9.17) is 10.00 Å². The number of thioether (sulfide) groups is 1. The van der Waals surface area contributed by atoms with Crippen molar-refractivity contribution in [3.05, 3.63) is 52.2 Å². The van der Waals surface area contributed by atoms with Crippen molar-refractivity contribution in [1.29, 1.82) is 5.26 Å². The summed E-state index contributed by atoms with van der Waals surface area (Å²) in [5.74, 6) is 0.0358. The zero-order valence-corrected chi connectivity index (χ0v) is 13.8. The minimum atomic E-state index is -0.468. The molecule has 7 heteroatoms. The average Bonchev–Trinajstić information content (AvgIpc) is 3.07. The maximum atomic E-state index is 11.7. The first-order chi connectivity index (χ1) is 11.2. The standard InChI is InChI=1S/C16H14N2O3S2/c17-8-12-4-1-2-6-14(12)18-15(19)9-21-16(20)11-22-10-13-5-3-7-23-13/h1-7H,9-11H2,(H,18,19). The largest absolute Gasteiger partial charge is 0.455 e. The van der Waals surface area contributed by atoms with Gasteiger partial charge in [0.1, 0.15) is 6.07 Å². The molecule has 0 spiro atoms. The lowest BCUT2D eigenvalue weighted by Gasteiger charge is -2.07. The number of carbonyl (C=O) groups excluding carboxylic acids is 2. The Kier molecular flexibility index (Phi) is 6.66. The highest BCUT2D eigenvalue weighted by atomic mass is 32.2. The first kappa shape index (κ1) is 17.1. The predicted molar refractivity (Wildman–Crippen MR) is 91.2 cm³/mol. The van der Waals surface area contributed by atoms with Crippen LogP contribution in [0.2, 0.25) is 0 Å². The van der Waals surface area contributed by atoms with Crippen molar-refractivity contribution >= 4 is 40.7 Å². The van der Waals surface area contributed by atoms with E-state index in [9.17, 15) is 9.59 Å². The number of amides is 1. The molecule has 1 heterocycles. The molecule has 0 atom stereocenters. The molecule has 0 saturated carbocycles. The van der Waals surface area contributed by atoms with E-state index in [1.807, 2.05) is 23.6 Å². The lowest BCUT2D eigenvalue weighted by Crippen LogP contribution is -2.22. The summed E-state index contributed by atoms with van der Waals surface area (Å²) in [6.45, 7) is -0.363. The number of rotatable bonds is 7. The molecule has 1 aromatic carbocycles. The van der Waals surface area contributed by atoms with Crippen LogP contribution in [0, 0.1) is 11.3 Å². The van der Waals surface area contributed by atoms with Crippen LogP contribution in [0.1, 0.15) is 10.4 Å². The number of thiophene rings is 1. The van der Waals surface area contributed by atoms with E-state index in [2.05, 4.69) is 5.32 Å². The van der Waals surface area contributed by atoms with E-state index in [0.717, 1.165) is 5.75 Å². The average molecular weight is 346 g/mol. The molecular formula is C16H14N2O3S2. The minimum absolute atomic E-state index is 0.194. The highest BCUT2D eigenvalue weighted by Crippen LogP contribution is 2.17. The number of nitriles is 1. The van der Waals surface area contributed by atoms with Gasteiger partial charge in [-0.3, -0.25) is 9.59 Å². The van der Waals surface area contributed by atoms with Gasteiger partial charge in [-0.05, 0) is 23.6 Å². The maximum Gasteiger partial charge on any atom is 0.316 e. The number of carbonyl (C=O) groups is 2. The third-order valence-corrected chi connectivity index (χ3v) is 4.74.